The zero-order valence-corrected chi connectivity index (χ0v) is 10.7. The van der Waals surface area contributed by atoms with Crippen LogP contribution in [0.4, 0.5) is 5.69 Å². The first-order valence-corrected chi connectivity index (χ1v) is 6.15. The molecule has 0 aliphatic carbocycles. The van der Waals surface area contributed by atoms with Crippen molar-refractivity contribution in [3.63, 3.8) is 0 Å². The van der Waals surface area contributed by atoms with E-state index < -0.39 is 0 Å². The summed E-state index contributed by atoms with van der Waals surface area (Å²) in [6.07, 6.45) is 2.58. The van der Waals surface area contributed by atoms with Crippen molar-refractivity contribution in [2.45, 2.75) is 13.0 Å². The minimum Gasteiger partial charge on any atom is -0.399 e. The van der Waals surface area contributed by atoms with Gasteiger partial charge < -0.3 is 10.5 Å². The molecule has 0 aliphatic heterocycles. The van der Waals surface area contributed by atoms with E-state index in [1.165, 1.54) is 0 Å². The van der Waals surface area contributed by atoms with Gasteiger partial charge in [-0.05, 0) is 29.8 Å². The van der Waals surface area contributed by atoms with Gasteiger partial charge in [-0.25, -0.2) is 0 Å². The molecular weight excluding hydrogens is 248 g/mol. The number of benzene rings is 1. The van der Waals surface area contributed by atoms with Crippen molar-refractivity contribution in [1.29, 1.82) is 0 Å². The van der Waals surface area contributed by atoms with Gasteiger partial charge in [0.1, 0.15) is 0 Å². The van der Waals surface area contributed by atoms with E-state index in [-0.39, 0.29) is 0 Å². The van der Waals surface area contributed by atoms with Gasteiger partial charge in [0.05, 0.1) is 13.2 Å². The van der Waals surface area contributed by atoms with Gasteiger partial charge in [0, 0.05) is 29.0 Å². The Bertz CT molecular complexity index is 502. The zero-order chi connectivity index (χ0) is 12.8. The third kappa shape index (κ3) is 3.72. The largest absolute Gasteiger partial charge is 0.399 e. The first-order chi connectivity index (χ1) is 8.75. The van der Waals surface area contributed by atoms with Crippen LogP contribution in [-0.2, 0) is 17.8 Å². The van der Waals surface area contributed by atoms with Gasteiger partial charge in [-0.15, -0.1) is 0 Å². The maximum Gasteiger partial charge on any atom is 0.0731 e. The molecule has 2 aromatic rings. The molecule has 0 aliphatic rings. The molecule has 0 amide bonds. The third-order valence-electron chi connectivity index (χ3n) is 2.56. The number of pyridine rings is 1. The lowest BCUT2D eigenvalue weighted by Gasteiger charge is -2.06. The molecule has 4 heteroatoms. The summed E-state index contributed by atoms with van der Waals surface area (Å²) in [7, 11) is 0. The summed E-state index contributed by atoms with van der Waals surface area (Å²) in [5.74, 6) is 0. The minimum absolute atomic E-state index is 0.492. The smallest absolute Gasteiger partial charge is 0.0731 e. The number of anilines is 1. The Labute approximate surface area is 112 Å². The molecule has 0 saturated heterocycles. The highest BCUT2D eigenvalue weighted by Gasteiger charge is 2.01. The minimum atomic E-state index is 0.492. The highest BCUT2D eigenvalue weighted by atomic mass is 35.5. The molecule has 0 bridgehead atoms. The van der Waals surface area contributed by atoms with E-state index >= 15 is 0 Å². The number of nitrogen functional groups attached to an aromatic ring is 1. The monoisotopic (exact) mass is 262 g/mol. The standard InChI is InChI=1S/C14H15ClN2O/c15-14-9-12(16)5-4-11(14)10-18-8-6-13-3-1-2-7-17-13/h1-5,7,9H,6,8,10,16H2. The van der Waals surface area contributed by atoms with Crippen LogP contribution in [0.3, 0.4) is 0 Å². The fraction of sp³-hybridized carbons (Fsp3) is 0.214. The van der Waals surface area contributed by atoms with Crippen molar-refractivity contribution in [1.82, 2.24) is 4.98 Å². The highest BCUT2D eigenvalue weighted by molar-refractivity contribution is 6.31. The van der Waals surface area contributed by atoms with E-state index in [4.69, 9.17) is 22.1 Å². The molecule has 0 fully saturated rings. The molecule has 1 heterocycles. The Morgan fingerprint density at radius 2 is 2.11 bits per heavy atom. The lowest BCUT2D eigenvalue weighted by Crippen LogP contribution is -2.01. The Morgan fingerprint density at radius 3 is 2.83 bits per heavy atom. The van der Waals surface area contributed by atoms with Crippen LogP contribution in [0.15, 0.2) is 42.6 Å². The first-order valence-electron chi connectivity index (χ1n) is 5.77. The summed E-state index contributed by atoms with van der Waals surface area (Å²) >= 11 is 6.05. The first kappa shape index (κ1) is 12.9. The maximum atomic E-state index is 6.05. The number of nitrogens with zero attached hydrogens (tertiary/aromatic N) is 1. The summed E-state index contributed by atoms with van der Waals surface area (Å²) < 4.78 is 5.58. The van der Waals surface area contributed by atoms with Gasteiger partial charge in [-0.1, -0.05) is 23.7 Å². The molecule has 2 rings (SSSR count). The van der Waals surface area contributed by atoms with Crippen LogP contribution in [0.25, 0.3) is 0 Å². The molecular formula is C14H15ClN2O. The second kappa shape index (κ2) is 6.38. The van der Waals surface area contributed by atoms with E-state index in [2.05, 4.69) is 4.98 Å². The van der Waals surface area contributed by atoms with Gasteiger partial charge in [-0.2, -0.15) is 0 Å². The molecule has 2 N–H and O–H groups in total. The normalized spacial score (nSPS) is 10.5. The van der Waals surface area contributed by atoms with Crippen LogP contribution in [0, 0.1) is 0 Å². The summed E-state index contributed by atoms with van der Waals surface area (Å²) in [6, 6.07) is 11.3. The average Bonchev–Trinajstić information content (AvgIpc) is 2.38. The molecule has 0 radical (unpaired) electrons. The summed E-state index contributed by atoms with van der Waals surface area (Å²) in [5.41, 5.74) is 8.27. The topological polar surface area (TPSA) is 48.1 Å². The third-order valence-corrected chi connectivity index (χ3v) is 2.92. The van der Waals surface area contributed by atoms with Crippen LogP contribution in [0.2, 0.25) is 5.02 Å². The SMILES string of the molecule is Nc1ccc(COCCc2ccccn2)c(Cl)c1. The Kier molecular flexibility index (Phi) is 4.56. The molecule has 0 atom stereocenters. The molecule has 1 aromatic carbocycles. The predicted molar refractivity (Wildman–Crippen MR) is 73.5 cm³/mol. The van der Waals surface area contributed by atoms with Crippen molar-refractivity contribution < 1.29 is 4.74 Å². The van der Waals surface area contributed by atoms with Crippen LogP contribution < -0.4 is 5.73 Å². The van der Waals surface area contributed by atoms with E-state index in [9.17, 15) is 0 Å². The van der Waals surface area contributed by atoms with Crippen molar-refractivity contribution in [3.8, 4) is 0 Å². The Morgan fingerprint density at radius 1 is 1.22 bits per heavy atom. The van der Waals surface area contributed by atoms with E-state index in [1.54, 1.807) is 12.3 Å². The molecule has 0 saturated carbocycles. The van der Waals surface area contributed by atoms with Gasteiger partial charge >= 0.3 is 0 Å². The second-order valence-electron chi connectivity index (χ2n) is 3.97. The Balaban J connectivity index is 1.79. The number of ether oxygens (including phenoxy) is 1. The number of hydrogen-bond donors (Lipinski definition) is 1. The average molecular weight is 263 g/mol. The lowest BCUT2D eigenvalue weighted by molar-refractivity contribution is 0.123. The molecule has 1 aromatic heterocycles. The molecule has 0 unspecified atom stereocenters. The lowest BCUT2D eigenvalue weighted by atomic mass is 10.2. The van der Waals surface area contributed by atoms with Gasteiger partial charge in [-0.3, -0.25) is 4.98 Å². The predicted octanol–water partition coefficient (Wildman–Crippen LogP) is 3.08. The number of rotatable bonds is 5. The molecule has 18 heavy (non-hydrogen) atoms. The van der Waals surface area contributed by atoms with E-state index in [0.717, 1.165) is 17.7 Å². The van der Waals surface area contributed by atoms with Crippen LogP contribution in [0.1, 0.15) is 11.3 Å². The summed E-state index contributed by atoms with van der Waals surface area (Å²) in [5, 5.41) is 0.646. The zero-order valence-electron chi connectivity index (χ0n) is 9.97. The molecule has 0 spiro atoms. The quantitative estimate of drug-likeness (QED) is 0.665. The van der Waals surface area contributed by atoms with E-state index in [0.29, 0.717) is 23.9 Å². The fourth-order valence-corrected chi connectivity index (χ4v) is 1.83. The van der Waals surface area contributed by atoms with Crippen molar-refractivity contribution in [2.75, 3.05) is 12.3 Å². The number of nitrogens with two attached hydrogens (primary N) is 1. The highest BCUT2D eigenvalue weighted by Crippen LogP contribution is 2.19. The number of hydrogen-bond acceptors (Lipinski definition) is 3. The number of halogens is 1. The van der Waals surface area contributed by atoms with Crippen LogP contribution in [-0.4, -0.2) is 11.6 Å². The Hall–Kier alpha value is -1.58. The van der Waals surface area contributed by atoms with Gasteiger partial charge in [0.25, 0.3) is 0 Å². The van der Waals surface area contributed by atoms with Crippen molar-refractivity contribution in [3.05, 3.63) is 58.9 Å². The molecule has 94 valence electrons. The second-order valence-corrected chi connectivity index (χ2v) is 4.38. The van der Waals surface area contributed by atoms with Gasteiger partial charge in [0.15, 0.2) is 0 Å². The van der Waals surface area contributed by atoms with Gasteiger partial charge in [0.2, 0.25) is 0 Å². The van der Waals surface area contributed by atoms with E-state index in [1.807, 2.05) is 30.3 Å². The molecule has 3 nitrogen and oxygen atoms in total. The van der Waals surface area contributed by atoms with Crippen molar-refractivity contribution >= 4 is 17.3 Å². The fourth-order valence-electron chi connectivity index (χ4n) is 1.59. The van der Waals surface area contributed by atoms with Crippen molar-refractivity contribution in [2.24, 2.45) is 0 Å². The maximum absolute atomic E-state index is 6.05. The number of aromatic nitrogens is 1. The van der Waals surface area contributed by atoms with Crippen LogP contribution >= 0.6 is 11.6 Å². The van der Waals surface area contributed by atoms with Crippen LogP contribution in [0.5, 0.6) is 0 Å². The summed E-state index contributed by atoms with van der Waals surface area (Å²) in [4.78, 5) is 4.23. The summed E-state index contributed by atoms with van der Waals surface area (Å²) in [6.45, 7) is 1.11.